The maximum atomic E-state index is 13.3. The summed E-state index contributed by atoms with van der Waals surface area (Å²) in [6.07, 6.45) is 14.5. The van der Waals surface area contributed by atoms with Gasteiger partial charge in [-0.15, -0.1) is 0 Å². The molecule has 2 saturated heterocycles. The Kier molecular flexibility index (Phi) is 18.9. The molecule has 2 aliphatic carbocycles. The highest BCUT2D eigenvalue weighted by Gasteiger charge is 2.48. The molecule has 4 aliphatic rings. The highest BCUT2D eigenvalue weighted by molar-refractivity contribution is 6.01. The first-order chi connectivity index (χ1) is 30.9. The number of aliphatic hydroxyl groups excluding tert-OH is 6. The Morgan fingerprint density at radius 2 is 0.894 bits per heavy atom. The molecule has 14 heteroatoms. The van der Waals surface area contributed by atoms with Gasteiger partial charge in [0.15, 0.2) is 36.0 Å². The average molecular weight is 917 g/mol. The summed E-state index contributed by atoms with van der Waals surface area (Å²) in [7, 11) is 0. The van der Waals surface area contributed by atoms with Crippen molar-refractivity contribution in [3.8, 4) is 0 Å². The fraction of sp³-hybridized carbons (Fsp3) is 0.500. The van der Waals surface area contributed by atoms with Gasteiger partial charge < -0.3 is 49.6 Å². The number of ketones is 2. The van der Waals surface area contributed by atoms with Gasteiger partial charge in [0.1, 0.15) is 36.6 Å². The third-order valence-electron chi connectivity index (χ3n) is 12.3. The number of rotatable bonds is 18. The van der Waals surface area contributed by atoms with E-state index in [1.165, 1.54) is 0 Å². The van der Waals surface area contributed by atoms with Crippen LogP contribution in [0.15, 0.2) is 130 Å². The van der Waals surface area contributed by atoms with Gasteiger partial charge in [-0.2, -0.15) is 0 Å². The molecule has 0 bridgehead atoms. The quantitative estimate of drug-likeness (QED) is 0.0789. The SMILES string of the molecule is CC1=C(/C=C/C(C)=C/C=C/C(C)=C/C=C/C=C(C)/C=C/C=C(C)/C=C/C2=C(C)C(=O)C(OCC(O)C3OC(=O)C(O)C3O)CC2(C)C)C(C)(C)CC(OCC(O)C2OC(=O)C(O)C2O)C1=O. The largest absolute Gasteiger partial charge is 0.455 e. The monoisotopic (exact) mass is 916 g/mol. The van der Waals surface area contributed by atoms with E-state index in [0.29, 0.717) is 24.0 Å². The van der Waals surface area contributed by atoms with Gasteiger partial charge in [0.05, 0.1) is 13.2 Å². The van der Waals surface area contributed by atoms with Gasteiger partial charge in [0.25, 0.3) is 0 Å². The van der Waals surface area contributed by atoms with Crippen LogP contribution in [0.25, 0.3) is 0 Å². The number of carbonyl (C=O) groups is 4. The van der Waals surface area contributed by atoms with Gasteiger partial charge in [-0.05, 0) is 87.5 Å². The van der Waals surface area contributed by atoms with E-state index in [2.05, 4.69) is 0 Å². The number of aliphatic hydroxyl groups is 6. The molecule has 2 fully saturated rings. The van der Waals surface area contributed by atoms with Crippen molar-refractivity contribution < 1.29 is 68.8 Å². The summed E-state index contributed by atoms with van der Waals surface area (Å²) in [4.78, 5) is 49.6. The van der Waals surface area contributed by atoms with Gasteiger partial charge in [-0.3, -0.25) is 9.59 Å². The van der Waals surface area contributed by atoms with Crippen LogP contribution in [0, 0.1) is 10.8 Å². The molecule has 4 rings (SSSR count). The highest BCUT2D eigenvalue weighted by Crippen LogP contribution is 2.42. The third kappa shape index (κ3) is 13.8. The van der Waals surface area contributed by atoms with Crippen molar-refractivity contribution in [1.82, 2.24) is 0 Å². The average Bonchev–Trinajstić information content (AvgIpc) is 3.66. The Morgan fingerprint density at radius 1 is 0.576 bits per heavy atom. The number of hydrogen-bond acceptors (Lipinski definition) is 14. The topological polar surface area (TPSA) is 227 Å². The summed E-state index contributed by atoms with van der Waals surface area (Å²) in [5.41, 5.74) is 6.05. The predicted octanol–water partition coefficient (Wildman–Crippen LogP) is 4.97. The third-order valence-corrected chi connectivity index (χ3v) is 12.3. The Hall–Kier alpha value is -4.90. The number of cyclic esters (lactones) is 2. The van der Waals surface area contributed by atoms with Crippen LogP contribution in [-0.4, -0.2) is 128 Å². The van der Waals surface area contributed by atoms with E-state index in [1.807, 2.05) is 140 Å². The number of carbonyl (C=O) groups excluding carboxylic acids is 4. The van der Waals surface area contributed by atoms with Crippen LogP contribution < -0.4 is 0 Å². The van der Waals surface area contributed by atoms with E-state index in [9.17, 15) is 49.8 Å². The van der Waals surface area contributed by atoms with E-state index in [1.54, 1.807) is 13.8 Å². The summed E-state index contributed by atoms with van der Waals surface area (Å²) in [6, 6.07) is 0. The van der Waals surface area contributed by atoms with E-state index in [-0.39, 0.29) is 24.8 Å². The van der Waals surface area contributed by atoms with Gasteiger partial charge in [-0.25, -0.2) is 9.59 Å². The van der Waals surface area contributed by atoms with Crippen molar-refractivity contribution in [3.05, 3.63) is 130 Å². The van der Waals surface area contributed by atoms with Crippen molar-refractivity contribution >= 4 is 23.5 Å². The van der Waals surface area contributed by atoms with Crippen molar-refractivity contribution in [2.45, 2.75) is 143 Å². The van der Waals surface area contributed by atoms with Crippen LogP contribution in [-0.2, 0) is 38.1 Å². The Labute approximate surface area is 388 Å². The molecule has 0 aromatic rings. The zero-order chi connectivity index (χ0) is 49.3. The molecule has 0 aromatic carbocycles. The number of ether oxygens (including phenoxy) is 4. The lowest BCUT2D eigenvalue weighted by Gasteiger charge is -2.37. The van der Waals surface area contributed by atoms with Crippen molar-refractivity contribution in [2.24, 2.45) is 10.8 Å². The molecule has 10 unspecified atom stereocenters. The van der Waals surface area contributed by atoms with Gasteiger partial charge in [0, 0.05) is 0 Å². The first-order valence-corrected chi connectivity index (χ1v) is 22.2. The zero-order valence-corrected chi connectivity index (χ0v) is 39.6. The van der Waals surface area contributed by atoms with E-state index < -0.39 is 83.8 Å². The minimum Gasteiger partial charge on any atom is -0.455 e. The fourth-order valence-corrected chi connectivity index (χ4v) is 8.25. The molecule has 66 heavy (non-hydrogen) atoms. The molecule has 14 nitrogen and oxygen atoms in total. The lowest BCUT2D eigenvalue weighted by atomic mass is 9.71. The molecule has 360 valence electrons. The van der Waals surface area contributed by atoms with Crippen molar-refractivity contribution in [2.75, 3.05) is 13.2 Å². The predicted molar refractivity (Wildman–Crippen MR) is 248 cm³/mol. The molecule has 0 amide bonds. The lowest BCUT2D eigenvalue weighted by molar-refractivity contribution is -0.154. The summed E-state index contributed by atoms with van der Waals surface area (Å²) < 4.78 is 21.2. The van der Waals surface area contributed by atoms with E-state index in [0.717, 1.165) is 33.4 Å². The van der Waals surface area contributed by atoms with Crippen LogP contribution in [0.2, 0.25) is 0 Å². The summed E-state index contributed by atoms with van der Waals surface area (Å²) >= 11 is 0. The smallest absolute Gasteiger partial charge is 0.338 e. The Morgan fingerprint density at radius 3 is 1.21 bits per heavy atom. The molecular formula is C52H68O14. The fourth-order valence-electron chi connectivity index (χ4n) is 8.25. The van der Waals surface area contributed by atoms with E-state index in [4.69, 9.17) is 18.9 Å². The number of Topliss-reactive ketones (excluding diaryl/α,β-unsaturated/α-hetero) is 2. The molecular weight excluding hydrogens is 849 g/mol. The second kappa shape index (κ2) is 23.2. The maximum absolute atomic E-state index is 13.3. The standard InChI is InChI=1S/C52H68O14/c1-29(17-13-19-31(3)21-23-35-33(5)41(55)39(25-51(35,7)8)63-27-37(53)47-43(57)45(59)49(61)65-47)15-11-12-16-30(2)18-14-20-32(4)22-24-36-34(6)42(56)40(26-52(36,9)10)64-28-38(54)48-44(58)46(60)50(62)66-48/h11-24,37-40,43-48,53-54,57-60H,25-28H2,1-10H3/b12-11+,17-13+,18-14+,23-21+,24-22+,29-15+,30-16+,31-19+,32-20+. The first kappa shape index (κ1) is 53.7. The molecule has 2 heterocycles. The molecule has 0 radical (unpaired) electrons. The molecule has 6 N–H and O–H groups in total. The molecule has 0 spiro atoms. The van der Waals surface area contributed by atoms with Crippen LogP contribution in [0.3, 0.4) is 0 Å². The van der Waals surface area contributed by atoms with Gasteiger partial charge in [0.2, 0.25) is 0 Å². The van der Waals surface area contributed by atoms with Crippen LogP contribution >= 0.6 is 0 Å². The second-order valence-corrected chi connectivity index (χ2v) is 18.8. The van der Waals surface area contributed by atoms with Crippen LogP contribution in [0.5, 0.6) is 0 Å². The van der Waals surface area contributed by atoms with Crippen LogP contribution in [0.4, 0.5) is 0 Å². The molecule has 0 saturated carbocycles. The number of esters is 2. The minimum absolute atomic E-state index is 0.213. The second-order valence-electron chi connectivity index (χ2n) is 18.8. The molecule has 0 aromatic heterocycles. The molecule has 10 atom stereocenters. The van der Waals surface area contributed by atoms with Gasteiger partial charge in [-0.1, -0.05) is 135 Å². The maximum Gasteiger partial charge on any atom is 0.338 e. The van der Waals surface area contributed by atoms with Crippen molar-refractivity contribution in [1.29, 1.82) is 0 Å². The summed E-state index contributed by atoms with van der Waals surface area (Å²) in [5, 5.41) is 60.1. The summed E-state index contributed by atoms with van der Waals surface area (Å²) in [5.74, 6) is -2.46. The number of hydrogen-bond donors (Lipinski definition) is 6. The Balaban J connectivity index is 1.25. The minimum atomic E-state index is -1.73. The normalized spacial score (nSPS) is 30.4. The summed E-state index contributed by atoms with van der Waals surface area (Å²) in [6.45, 7) is 18.8. The Bertz CT molecular complexity index is 2030. The zero-order valence-electron chi connectivity index (χ0n) is 39.6. The van der Waals surface area contributed by atoms with Crippen LogP contribution in [0.1, 0.15) is 82.1 Å². The van der Waals surface area contributed by atoms with E-state index >= 15 is 0 Å². The lowest BCUT2D eigenvalue weighted by Crippen LogP contribution is -2.44. The highest BCUT2D eigenvalue weighted by atomic mass is 16.6. The van der Waals surface area contributed by atoms with Crippen molar-refractivity contribution in [3.63, 3.8) is 0 Å². The first-order valence-electron chi connectivity index (χ1n) is 22.2. The van der Waals surface area contributed by atoms with Gasteiger partial charge >= 0.3 is 11.9 Å². The molecule has 2 aliphatic heterocycles. The number of allylic oxidation sites excluding steroid dienone is 20.